The summed E-state index contributed by atoms with van der Waals surface area (Å²) in [5, 5.41) is 0. The van der Waals surface area contributed by atoms with Crippen molar-refractivity contribution in [3.63, 3.8) is 0 Å². The molecule has 1 aliphatic carbocycles. The Labute approximate surface area is 108 Å². The molecule has 2 rings (SSSR count). The van der Waals surface area contributed by atoms with E-state index in [1.54, 1.807) is 13.8 Å². The molecular formula is C14H21NO3. The molecule has 100 valence electrons. The number of carbonyl (C=O) groups is 1. The molecule has 1 heterocycles. The Kier molecular flexibility index (Phi) is 4.39. The third-order valence-electron chi connectivity index (χ3n) is 3.54. The van der Waals surface area contributed by atoms with Crippen LogP contribution in [0.3, 0.4) is 0 Å². The molecule has 1 fully saturated rings. The second kappa shape index (κ2) is 6.03. The first-order valence-corrected chi connectivity index (χ1v) is 6.84. The smallest absolute Gasteiger partial charge is 0.376 e. The van der Waals surface area contributed by atoms with E-state index in [-0.39, 0.29) is 5.76 Å². The first kappa shape index (κ1) is 13.1. The molecule has 18 heavy (non-hydrogen) atoms. The van der Waals surface area contributed by atoms with Crippen LogP contribution in [0.15, 0.2) is 4.42 Å². The Bertz CT molecular complexity index is 405. The predicted molar refractivity (Wildman–Crippen MR) is 67.5 cm³/mol. The van der Waals surface area contributed by atoms with Gasteiger partial charge in [0.1, 0.15) is 0 Å². The molecule has 0 bridgehead atoms. The van der Waals surface area contributed by atoms with Gasteiger partial charge in [-0.25, -0.2) is 9.78 Å². The summed E-state index contributed by atoms with van der Waals surface area (Å²) in [5.41, 5.74) is 0.634. The highest BCUT2D eigenvalue weighted by Gasteiger charge is 2.20. The predicted octanol–water partition coefficient (Wildman–Crippen LogP) is 3.28. The van der Waals surface area contributed by atoms with Gasteiger partial charge < -0.3 is 9.15 Å². The zero-order chi connectivity index (χ0) is 13.0. The molecule has 1 aliphatic rings. The summed E-state index contributed by atoms with van der Waals surface area (Å²) in [5.74, 6) is 1.33. The largest absolute Gasteiger partial charge is 0.460 e. The molecular weight excluding hydrogens is 230 g/mol. The van der Waals surface area contributed by atoms with Gasteiger partial charge in [0.2, 0.25) is 5.76 Å². The number of ether oxygens (including phenoxy) is 1. The summed E-state index contributed by atoms with van der Waals surface area (Å²) < 4.78 is 10.4. The number of carbonyl (C=O) groups excluding carboxylic acids is 1. The SMILES string of the molecule is CCOC(=O)c1oc(CCC2CCCC2)nc1C. The fourth-order valence-corrected chi connectivity index (χ4v) is 2.57. The highest BCUT2D eigenvalue weighted by molar-refractivity contribution is 5.87. The average molecular weight is 251 g/mol. The van der Waals surface area contributed by atoms with Gasteiger partial charge in [-0.2, -0.15) is 0 Å². The molecule has 4 nitrogen and oxygen atoms in total. The number of aryl methyl sites for hydroxylation is 2. The molecule has 0 aliphatic heterocycles. The Morgan fingerprint density at radius 3 is 2.83 bits per heavy atom. The van der Waals surface area contributed by atoms with Crippen LogP contribution in [0.5, 0.6) is 0 Å². The number of esters is 1. The van der Waals surface area contributed by atoms with Crippen molar-refractivity contribution in [3.8, 4) is 0 Å². The normalized spacial score (nSPS) is 16.1. The molecule has 1 aromatic rings. The van der Waals surface area contributed by atoms with E-state index in [4.69, 9.17) is 9.15 Å². The maximum atomic E-state index is 11.6. The van der Waals surface area contributed by atoms with Crippen LogP contribution in [-0.2, 0) is 11.2 Å². The van der Waals surface area contributed by atoms with E-state index in [9.17, 15) is 4.79 Å². The van der Waals surface area contributed by atoms with Crippen LogP contribution >= 0.6 is 0 Å². The van der Waals surface area contributed by atoms with Gasteiger partial charge in [0.05, 0.1) is 12.3 Å². The van der Waals surface area contributed by atoms with Crippen LogP contribution in [0.25, 0.3) is 0 Å². The van der Waals surface area contributed by atoms with Crippen molar-refractivity contribution in [2.24, 2.45) is 5.92 Å². The summed E-state index contributed by atoms with van der Waals surface area (Å²) >= 11 is 0. The molecule has 0 amide bonds. The van der Waals surface area contributed by atoms with Crippen LogP contribution in [0.4, 0.5) is 0 Å². The lowest BCUT2D eigenvalue weighted by atomic mass is 10.0. The van der Waals surface area contributed by atoms with Gasteiger partial charge >= 0.3 is 5.97 Å². The molecule has 1 saturated carbocycles. The van der Waals surface area contributed by atoms with Crippen molar-refractivity contribution in [2.45, 2.75) is 52.4 Å². The second-order valence-electron chi connectivity index (χ2n) is 4.93. The molecule has 0 radical (unpaired) electrons. The first-order valence-electron chi connectivity index (χ1n) is 6.84. The highest BCUT2D eigenvalue weighted by atomic mass is 16.5. The summed E-state index contributed by atoms with van der Waals surface area (Å²) in [6.07, 6.45) is 7.29. The number of oxazole rings is 1. The average Bonchev–Trinajstić information content (AvgIpc) is 2.96. The maximum absolute atomic E-state index is 11.6. The fraction of sp³-hybridized carbons (Fsp3) is 0.714. The van der Waals surface area contributed by atoms with E-state index in [1.807, 2.05) is 0 Å². The van der Waals surface area contributed by atoms with Gasteiger partial charge in [-0.3, -0.25) is 0 Å². The number of nitrogens with zero attached hydrogens (tertiary/aromatic N) is 1. The Morgan fingerprint density at radius 2 is 2.17 bits per heavy atom. The summed E-state index contributed by atoms with van der Waals surface area (Å²) in [6, 6.07) is 0. The zero-order valence-electron chi connectivity index (χ0n) is 11.2. The van der Waals surface area contributed by atoms with Crippen molar-refractivity contribution in [3.05, 3.63) is 17.3 Å². The lowest BCUT2D eigenvalue weighted by molar-refractivity contribution is 0.0487. The van der Waals surface area contributed by atoms with Crippen molar-refractivity contribution < 1.29 is 13.9 Å². The third kappa shape index (κ3) is 3.12. The van der Waals surface area contributed by atoms with E-state index in [0.29, 0.717) is 18.2 Å². The minimum atomic E-state index is -0.408. The van der Waals surface area contributed by atoms with Crippen molar-refractivity contribution >= 4 is 5.97 Å². The zero-order valence-corrected chi connectivity index (χ0v) is 11.2. The molecule has 0 atom stereocenters. The minimum Gasteiger partial charge on any atom is -0.460 e. The van der Waals surface area contributed by atoms with Gasteiger partial charge in [-0.1, -0.05) is 25.7 Å². The van der Waals surface area contributed by atoms with E-state index >= 15 is 0 Å². The summed E-state index contributed by atoms with van der Waals surface area (Å²) in [6.45, 7) is 3.93. The van der Waals surface area contributed by atoms with E-state index in [1.165, 1.54) is 25.7 Å². The first-order chi connectivity index (χ1) is 8.70. The number of hydrogen-bond donors (Lipinski definition) is 0. The van der Waals surface area contributed by atoms with Crippen LogP contribution in [0.2, 0.25) is 0 Å². The quantitative estimate of drug-likeness (QED) is 0.753. The number of aromatic nitrogens is 1. The molecule has 0 spiro atoms. The second-order valence-corrected chi connectivity index (χ2v) is 4.93. The van der Waals surface area contributed by atoms with E-state index in [0.717, 1.165) is 18.8 Å². The number of rotatable bonds is 5. The summed E-state index contributed by atoms with van der Waals surface area (Å²) in [7, 11) is 0. The van der Waals surface area contributed by atoms with E-state index < -0.39 is 5.97 Å². The standard InChI is InChI=1S/C14H21NO3/c1-3-17-14(16)13-10(2)15-12(18-13)9-8-11-6-4-5-7-11/h11H,3-9H2,1-2H3. The van der Waals surface area contributed by atoms with Gasteiger partial charge in [0.25, 0.3) is 0 Å². The fourth-order valence-electron chi connectivity index (χ4n) is 2.57. The van der Waals surface area contributed by atoms with Crippen LogP contribution in [0.1, 0.15) is 61.2 Å². The van der Waals surface area contributed by atoms with Gasteiger partial charge in [-0.15, -0.1) is 0 Å². The van der Waals surface area contributed by atoms with Crippen LogP contribution in [0, 0.1) is 12.8 Å². The van der Waals surface area contributed by atoms with Gasteiger partial charge in [0, 0.05) is 6.42 Å². The van der Waals surface area contributed by atoms with Crippen molar-refractivity contribution in [1.29, 1.82) is 0 Å². The number of hydrogen-bond acceptors (Lipinski definition) is 4. The monoisotopic (exact) mass is 251 g/mol. The van der Waals surface area contributed by atoms with Crippen LogP contribution < -0.4 is 0 Å². The molecule has 1 aromatic heterocycles. The minimum absolute atomic E-state index is 0.262. The van der Waals surface area contributed by atoms with Gasteiger partial charge in [-0.05, 0) is 26.2 Å². The Balaban J connectivity index is 1.93. The molecule has 4 heteroatoms. The maximum Gasteiger partial charge on any atom is 0.376 e. The summed E-state index contributed by atoms with van der Waals surface area (Å²) in [4.78, 5) is 15.9. The lowest BCUT2D eigenvalue weighted by Crippen LogP contribution is -2.04. The van der Waals surface area contributed by atoms with Crippen molar-refractivity contribution in [1.82, 2.24) is 4.98 Å². The van der Waals surface area contributed by atoms with Crippen molar-refractivity contribution in [2.75, 3.05) is 6.61 Å². The molecule has 0 unspecified atom stereocenters. The molecule has 0 saturated heterocycles. The Morgan fingerprint density at radius 1 is 1.44 bits per heavy atom. The topological polar surface area (TPSA) is 52.3 Å². The molecule has 0 N–H and O–H groups in total. The lowest BCUT2D eigenvalue weighted by Gasteiger charge is -2.05. The van der Waals surface area contributed by atoms with Gasteiger partial charge in [0.15, 0.2) is 5.89 Å². The highest BCUT2D eigenvalue weighted by Crippen LogP contribution is 2.28. The van der Waals surface area contributed by atoms with E-state index in [2.05, 4.69) is 4.98 Å². The third-order valence-corrected chi connectivity index (χ3v) is 3.54. The van der Waals surface area contributed by atoms with Crippen LogP contribution in [-0.4, -0.2) is 17.6 Å². The molecule has 0 aromatic carbocycles. The Hall–Kier alpha value is -1.32.